The van der Waals surface area contributed by atoms with Crippen LogP contribution in [0.25, 0.3) is 11.0 Å². The van der Waals surface area contributed by atoms with Gasteiger partial charge in [0.2, 0.25) is 15.9 Å². The molecule has 1 atom stereocenters. The van der Waals surface area contributed by atoms with E-state index in [0.29, 0.717) is 56.1 Å². The smallest absolute Gasteiger partial charge is 0.245 e. The average molecular weight is 490 g/mol. The first-order valence-corrected chi connectivity index (χ1v) is 12.8. The predicted molar refractivity (Wildman–Crippen MR) is 124 cm³/mol. The van der Waals surface area contributed by atoms with E-state index >= 15 is 0 Å². The van der Waals surface area contributed by atoms with E-state index in [1.807, 2.05) is 29.2 Å². The average Bonchev–Trinajstić information content (AvgIpc) is 3.33. The van der Waals surface area contributed by atoms with Crippen LogP contribution >= 0.6 is 11.6 Å². The Balaban J connectivity index is 1.27. The van der Waals surface area contributed by atoms with Crippen LogP contribution in [0.3, 0.4) is 0 Å². The first-order chi connectivity index (χ1) is 15.9. The highest BCUT2D eigenvalue weighted by atomic mass is 35.5. The molecule has 0 aliphatic carbocycles. The van der Waals surface area contributed by atoms with Gasteiger partial charge in [0.05, 0.1) is 16.6 Å². The van der Waals surface area contributed by atoms with Crippen LogP contribution in [0.5, 0.6) is 0 Å². The van der Waals surface area contributed by atoms with Gasteiger partial charge in [0.25, 0.3) is 0 Å². The molecule has 2 aromatic carbocycles. The van der Waals surface area contributed by atoms with E-state index in [4.69, 9.17) is 16.2 Å². The van der Waals surface area contributed by atoms with Crippen LogP contribution in [0.2, 0.25) is 5.02 Å². The van der Waals surface area contributed by atoms with Gasteiger partial charge in [-0.1, -0.05) is 29.8 Å². The lowest BCUT2D eigenvalue weighted by atomic mass is 9.97. The summed E-state index contributed by atoms with van der Waals surface area (Å²) in [6.45, 7) is 3.06. The molecule has 9 nitrogen and oxygen atoms in total. The third kappa shape index (κ3) is 4.18. The molecule has 0 saturated carbocycles. The quantitative estimate of drug-likeness (QED) is 0.555. The first kappa shape index (κ1) is 22.1. The molecule has 33 heavy (non-hydrogen) atoms. The molecule has 174 valence electrons. The second kappa shape index (κ2) is 8.92. The molecule has 0 radical (unpaired) electrons. The molecular weight excluding hydrogens is 466 g/mol. The minimum atomic E-state index is -3.83. The lowest BCUT2D eigenvalue weighted by molar-refractivity contribution is -0.137. The molecule has 5 rings (SSSR count). The Bertz CT molecular complexity index is 1270. The molecule has 11 heteroatoms. The van der Waals surface area contributed by atoms with Crippen molar-refractivity contribution in [2.75, 3.05) is 44.2 Å². The summed E-state index contributed by atoms with van der Waals surface area (Å²) in [7, 11) is -3.83. The van der Waals surface area contributed by atoms with Crippen molar-refractivity contribution in [1.82, 2.24) is 19.5 Å². The lowest BCUT2D eigenvalue weighted by Crippen LogP contribution is -2.53. The number of piperidine rings is 1. The van der Waals surface area contributed by atoms with Crippen molar-refractivity contribution in [2.24, 2.45) is 5.92 Å². The van der Waals surface area contributed by atoms with Crippen LogP contribution in [0, 0.1) is 5.92 Å². The fourth-order valence-electron chi connectivity index (χ4n) is 4.63. The first-order valence-electron chi connectivity index (χ1n) is 10.9. The van der Waals surface area contributed by atoms with Crippen molar-refractivity contribution >= 4 is 44.3 Å². The van der Waals surface area contributed by atoms with Gasteiger partial charge in [-0.25, -0.2) is 13.0 Å². The molecule has 0 unspecified atom stereocenters. The van der Waals surface area contributed by atoms with Crippen molar-refractivity contribution in [3.63, 3.8) is 0 Å². The third-order valence-corrected chi connectivity index (χ3v) is 8.60. The fourth-order valence-corrected chi connectivity index (χ4v) is 6.54. The Morgan fingerprint density at radius 2 is 1.79 bits per heavy atom. The molecule has 2 fully saturated rings. The van der Waals surface area contributed by atoms with E-state index < -0.39 is 10.0 Å². The minimum Gasteiger partial charge on any atom is -0.367 e. The summed E-state index contributed by atoms with van der Waals surface area (Å²) in [6, 6.07) is 12.5. The molecular formula is C22H24ClN5O4S. The zero-order valence-corrected chi connectivity index (χ0v) is 19.5. The van der Waals surface area contributed by atoms with Gasteiger partial charge in [-0.2, -0.15) is 4.31 Å². The van der Waals surface area contributed by atoms with Gasteiger partial charge in [-0.05, 0) is 47.4 Å². The van der Waals surface area contributed by atoms with Crippen molar-refractivity contribution in [3.05, 3.63) is 47.5 Å². The van der Waals surface area contributed by atoms with Crippen molar-refractivity contribution in [1.29, 1.82) is 0 Å². The standard InChI is InChI=1S/C22H24ClN5O4S/c23-17-6-1-2-8-19(17)26-11-13-27(14-12-26)22(29)16-5-4-10-28(15-16)33(30,31)20-9-3-7-18-21(20)25-32-24-18/h1-3,6-9,16H,4-5,10-15H2/t16-/m0/s1. The highest BCUT2D eigenvalue weighted by molar-refractivity contribution is 7.89. The second-order valence-electron chi connectivity index (χ2n) is 8.35. The van der Waals surface area contributed by atoms with Crippen LogP contribution < -0.4 is 4.90 Å². The van der Waals surface area contributed by atoms with Crippen molar-refractivity contribution in [2.45, 2.75) is 17.7 Å². The number of anilines is 1. The van der Waals surface area contributed by atoms with Gasteiger partial charge in [0.1, 0.15) is 10.4 Å². The molecule has 0 bridgehead atoms. The summed E-state index contributed by atoms with van der Waals surface area (Å²) in [4.78, 5) is 17.3. The number of carbonyl (C=O) groups excluding carboxylic acids is 1. The number of para-hydroxylation sites is 1. The van der Waals surface area contributed by atoms with Crippen molar-refractivity contribution < 1.29 is 17.8 Å². The Hall–Kier alpha value is -2.69. The molecule has 3 heterocycles. The summed E-state index contributed by atoms with van der Waals surface area (Å²) in [5.74, 6) is -0.356. The summed E-state index contributed by atoms with van der Waals surface area (Å²) >= 11 is 6.32. The van der Waals surface area contributed by atoms with Gasteiger partial charge >= 0.3 is 0 Å². The summed E-state index contributed by atoms with van der Waals surface area (Å²) < 4.78 is 32.8. The number of hydrogen-bond donors (Lipinski definition) is 0. The number of hydrogen-bond acceptors (Lipinski definition) is 7. The predicted octanol–water partition coefficient (Wildman–Crippen LogP) is 2.63. The highest BCUT2D eigenvalue weighted by Crippen LogP contribution is 2.30. The maximum Gasteiger partial charge on any atom is 0.245 e. The third-order valence-electron chi connectivity index (χ3n) is 6.38. The monoisotopic (exact) mass is 489 g/mol. The van der Waals surface area contributed by atoms with E-state index in [9.17, 15) is 13.2 Å². The summed E-state index contributed by atoms with van der Waals surface area (Å²) in [5.41, 5.74) is 1.57. The number of aromatic nitrogens is 2. The zero-order valence-electron chi connectivity index (χ0n) is 17.9. The van der Waals surface area contributed by atoms with Crippen LogP contribution in [-0.2, 0) is 14.8 Å². The number of piperazine rings is 1. The number of sulfonamides is 1. The lowest BCUT2D eigenvalue weighted by Gasteiger charge is -2.39. The second-order valence-corrected chi connectivity index (χ2v) is 10.7. The van der Waals surface area contributed by atoms with E-state index in [1.54, 1.807) is 12.1 Å². The van der Waals surface area contributed by atoms with Gasteiger partial charge in [0, 0.05) is 39.3 Å². The number of amides is 1. The molecule has 2 aliphatic rings. The van der Waals surface area contributed by atoms with Crippen LogP contribution in [0.1, 0.15) is 12.8 Å². The van der Waals surface area contributed by atoms with Crippen LogP contribution in [0.4, 0.5) is 5.69 Å². The minimum absolute atomic E-state index is 0.00928. The Morgan fingerprint density at radius 3 is 2.58 bits per heavy atom. The Kier molecular flexibility index (Phi) is 5.98. The normalized spacial score (nSPS) is 20.3. The number of carbonyl (C=O) groups is 1. The van der Waals surface area contributed by atoms with E-state index in [2.05, 4.69) is 15.2 Å². The Morgan fingerprint density at radius 1 is 1.00 bits per heavy atom. The van der Waals surface area contributed by atoms with E-state index in [0.717, 1.165) is 5.69 Å². The van der Waals surface area contributed by atoms with Gasteiger partial charge in [0.15, 0.2) is 5.52 Å². The summed E-state index contributed by atoms with van der Waals surface area (Å²) in [6.07, 6.45) is 1.30. The molecule has 1 amide bonds. The number of rotatable bonds is 4. The van der Waals surface area contributed by atoms with Gasteiger partial charge < -0.3 is 9.80 Å². The van der Waals surface area contributed by atoms with Crippen LogP contribution in [-0.4, -0.2) is 73.1 Å². The summed E-state index contributed by atoms with van der Waals surface area (Å²) in [5, 5.41) is 8.20. The van der Waals surface area contributed by atoms with Gasteiger partial charge in [-0.15, -0.1) is 0 Å². The highest BCUT2D eigenvalue weighted by Gasteiger charge is 2.37. The number of benzene rings is 2. The largest absolute Gasteiger partial charge is 0.367 e. The fraction of sp³-hybridized carbons (Fsp3) is 0.409. The molecule has 2 aliphatic heterocycles. The maximum atomic E-state index is 13.3. The van der Waals surface area contributed by atoms with Gasteiger partial charge in [-0.3, -0.25) is 4.79 Å². The molecule has 0 N–H and O–H groups in total. The SMILES string of the molecule is O=C([C@H]1CCCN(S(=O)(=O)c2cccc3nonc23)C1)N1CCN(c2ccccc2Cl)CC1. The molecule has 2 saturated heterocycles. The number of halogens is 1. The molecule has 3 aromatic rings. The number of nitrogens with zero attached hydrogens (tertiary/aromatic N) is 5. The van der Waals surface area contributed by atoms with Crippen LogP contribution in [0.15, 0.2) is 52.0 Å². The zero-order chi connectivity index (χ0) is 23.0. The van der Waals surface area contributed by atoms with Crippen molar-refractivity contribution in [3.8, 4) is 0 Å². The molecule has 1 aromatic heterocycles. The van der Waals surface area contributed by atoms with E-state index in [-0.39, 0.29) is 28.8 Å². The maximum absolute atomic E-state index is 13.3. The topological polar surface area (TPSA) is 99.8 Å². The Labute approximate surface area is 196 Å². The van der Waals surface area contributed by atoms with E-state index in [1.165, 1.54) is 10.4 Å². The number of fused-ring (bicyclic) bond motifs is 1. The molecule has 0 spiro atoms.